The number of rotatable bonds is 0. The molecule has 2 aliphatic rings. The summed E-state index contributed by atoms with van der Waals surface area (Å²) in [6.07, 6.45) is 3.60. The lowest BCUT2D eigenvalue weighted by molar-refractivity contribution is 0.106. The van der Waals surface area contributed by atoms with E-state index in [-0.39, 0.29) is 5.92 Å². The van der Waals surface area contributed by atoms with Crippen LogP contribution in [0.2, 0.25) is 0 Å². The van der Waals surface area contributed by atoms with Gasteiger partial charge in [0.25, 0.3) is 0 Å². The number of aliphatic imine (C=N–C) groups is 1. The summed E-state index contributed by atoms with van der Waals surface area (Å²) >= 11 is 0. The summed E-state index contributed by atoms with van der Waals surface area (Å²) in [4.78, 5) is 8.78. The third kappa shape index (κ3) is 0.733. The second kappa shape index (κ2) is 1.84. The molecule has 1 unspecified atom stereocenters. The van der Waals surface area contributed by atoms with Gasteiger partial charge < -0.3 is 0 Å². The largest absolute Gasteiger partial charge is 0.280 e. The molecule has 2 aliphatic heterocycles. The molecule has 3 nitrogen and oxygen atoms in total. The van der Waals surface area contributed by atoms with Gasteiger partial charge in [0.2, 0.25) is 0 Å². The van der Waals surface area contributed by atoms with Gasteiger partial charge >= 0.3 is 0 Å². The molecular weight excluding hydrogens is 116 g/mol. The standard InChI is InChI=1S/C6H6N2O/c1-2-7-3-5-4-9-8-6(1)5/h1-2,5,8H,4H2. The number of dihydropyridines is 1. The first-order chi connectivity index (χ1) is 4.47. The van der Waals surface area contributed by atoms with Crippen molar-refractivity contribution >= 4 is 6.21 Å². The van der Waals surface area contributed by atoms with Crippen molar-refractivity contribution in [3.63, 3.8) is 0 Å². The Kier molecular flexibility index (Phi) is 1.02. The van der Waals surface area contributed by atoms with Crippen LogP contribution in [-0.2, 0) is 4.84 Å². The molecule has 3 heteroatoms. The number of hydrogen-bond acceptors (Lipinski definition) is 3. The number of hydroxylamine groups is 1. The van der Waals surface area contributed by atoms with Crippen LogP contribution < -0.4 is 5.48 Å². The molecule has 2 radical (unpaired) electrons. The first kappa shape index (κ1) is 4.99. The van der Waals surface area contributed by atoms with E-state index >= 15 is 0 Å². The lowest BCUT2D eigenvalue weighted by atomic mass is 10.1. The van der Waals surface area contributed by atoms with Crippen LogP contribution in [0, 0.1) is 12.5 Å². The van der Waals surface area contributed by atoms with E-state index in [0.29, 0.717) is 6.61 Å². The maximum absolute atomic E-state index is 4.93. The lowest BCUT2D eigenvalue weighted by Crippen LogP contribution is -2.09. The fourth-order valence-electron chi connectivity index (χ4n) is 0.877. The Morgan fingerprint density at radius 1 is 1.89 bits per heavy atom. The van der Waals surface area contributed by atoms with Crippen molar-refractivity contribution in [3.8, 4) is 0 Å². The quantitative estimate of drug-likeness (QED) is 0.496. The molecule has 0 aromatic rings. The highest BCUT2D eigenvalue weighted by Crippen LogP contribution is 2.20. The molecular formula is C6H6N2O. The Morgan fingerprint density at radius 2 is 2.89 bits per heavy atom. The van der Waals surface area contributed by atoms with Gasteiger partial charge in [0.05, 0.1) is 12.5 Å². The minimum Gasteiger partial charge on any atom is -0.280 e. The minimum atomic E-state index is 0.245. The zero-order chi connectivity index (χ0) is 6.10. The van der Waals surface area contributed by atoms with Crippen LogP contribution in [0.15, 0.2) is 16.8 Å². The maximum atomic E-state index is 4.93. The van der Waals surface area contributed by atoms with Crippen LogP contribution in [-0.4, -0.2) is 12.8 Å². The number of hydrogen-bond donors (Lipinski definition) is 1. The van der Waals surface area contributed by atoms with Gasteiger partial charge in [0.15, 0.2) is 0 Å². The van der Waals surface area contributed by atoms with Crippen molar-refractivity contribution in [1.82, 2.24) is 5.48 Å². The molecule has 0 aromatic heterocycles. The van der Waals surface area contributed by atoms with Crippen molar-refractivity contribution in [2.45, 2.75) is 0 Å². The van der Waals surface area contributed by atoms with Crippen molar-refractivity contribution in [2.24, 2.45) is 10.9 Å². The van der Waals surface area contributed by atoms with Crippen molar-refractivity contribution in [3.05, 3.63) is 18.3 Å². The van der Waals surface area contributed by atoms with Gasteiger partial charge in [-0.1, -0.05) is 0 Å². The number of nitrogens with zero attached hydrogens (tertiary/aromatic N) is 1. The normalized spacial score (nSPS) is 31.1. The van der Waals surface area contributed by atoms with E-state index in [1.807, 2.05) is 6.08 Å². The van der Waals surface area contributed by atoms with Gasteiger partial charge in [-0.05, 0) is 6.08 Å². The fourth-order valence-corrected chi connectivity index (χ4v) is 0.877. The number of allylic oxidation sites excluding steroid dienone is 1. The van der Waals surface area contributed by atoms with E-state index < -0.39 is 0 Å². The zero-order valence-electron chi connectivity index (χ0n) is 4.79. The van der Waals surface area contributed by atoms with Crippen molar-refractivity contribution in [2.75, 3.05) is 6.61 Å². The molecule has 2 rings (SSSR count). The summed E-state index contributed by atoms with van der Waals surface area (Å²) in [6.45, 7) is 3.55. The molecule has 0 bridgehead atoms. The van der Waals surface area contributed by atoms with E-state index in [1.54, 1.807) is 6.21 Å². The third-order valence-electron chi connectivity index (χ3n) is 1.37. The first-order valence-corrected chi connectivity index (χ1v) is 2.83. The predicted molar refractivity (Wildman–Crippen MR) is 32.4 cm³/mol. The summed E-state index contributed by atoms with van der Waals surface area (Å²) in [7, 11) is 0. The van der Waals surface area contributed by atoms with Crippen LogP contribution in [0.4, 0.5) is 0 Å². The van der Waals surface area contributed by atoms with Gasteiger partial charge in [0.1, 0.15) is 6.54 Å². The topological polar surface area (TPSA) is 33.6 Å². The fraction of sp³-hybridized carbons (Fsp3) is 0.333. The molecule has 1 saturated heterocycles. The van der Waals surface area contributed by atoms with Crippen LogP contribution in [0.3, 0.4) is 0 Å². The molecule has 0 amide bonds. The van der Waals surface area contributed by atoms with Crippen LogP contribution in [0.25, 0.3) is 0 Å². The monoisotopic (exact) mass is 122 g/mol. The van der Waals surface area contributed by atoms with Gasteiger partial charge in [-0.15, -0.1) is 0 Å². The molecule has 1 N–H and O–H groups in total. The number of fused-ring (bicyclic) bond motifs is 1. The van der Waals surface area contributed by atoms with E-state index in [0.717, 1.165) is 5.70 Å². The first-order valence-electron chi connectivity index (χ1n) is 2.83. The summed E-state index contributed by atoms with van der Waals surface area (Å²) in [5.41, 5.74) is 3.83. The average Bonchev–Trinajstić information content (AvgIpc) is 2.33. The summed E-state index contributed by atoms with van der Waals surface area (Å²) in [6, 6.07) is 0. The molecule has 9 heavy (non-hydrogen) atoms. The molecule has 0 spiro atoms. The predicted octanol–water partition coefficient (Wildman–Crippen LogP) is 0.144. The molecule has 46 valence electrons. The Labute approximate surface area is 53.4 Å². The summed E-state index contributed by atoms with van der Waals surface area (Å²) in [5.74, 6) is 0.245. The van der Waals surface area contributed by atoms with Crippen LogP contribution in [0.5, 0.6) is 0 Å². The Balaban J connectivity index is 2.23. The molecule has 0 saturated carbocycles. The smallest absolute Gasteiger partial charge is 0.128 e. The van der Waals surface area contributed by atoms with Crippen LogP contribution >= 0.6 is 0 Å². The van der Waals surface area contributed by atoms with Gasteiger partial charge in [0, 0.05) is 11.9 Å². The number of nitrogens with one attached hydrogen (secondary N) is 1. The molecule has 1 fully saturated rings. The van der Waals surface area contributed by atoms with E-state index in [2.05, 4.69) is 17.0 Å². The Morgan fingerprint density at radius 3 is 3.78 bits per heavy atom. The maximum Gasteiger partial charge on any atom is 0.128 e. The van der Waals surface area contributed by atoms with E-state index in [9.17, 15) is 0 Å². The van der Waals surface area contributed by atoms with Crippen LogP contribution in [0.1, 0.15) is 0 Å². The second-order valence-electron chi connectivity index (χ2n) is 1.99. The van der Waals surface area contributed by atoms with Crippen molar-refractivity contribution < 1.29 is 4.84 Å². The lowest BCUT2D eigenvalue weighted by Gasteiger charge is -2.05. The molecule has 0 aliphatic carbocycles. The minimum absolute atomic E-state index is 0.245. The SMILES string of the molecule is [C]1N=CC=C2NOCC12. The zero-order valence-corrected chi connectivity index (χ0v) is 4.79. The van der Waals surface area contributed by atoms with Gasteiger partial charge in [-0.2, -0.15) is 0 Å². The van der Waals surface area contributed by atoms with E-state index in [1.165, 1.54) is 0 Å². The summed E-state index contributed by atoms with van der Waals surface area (Å²) < 4.78 is 0. The Bertz CT molecular complexity index is 174. The highest BCUT2D eigenvalue weighted by Gasteiger charge is 2.23. The second-order valence-corrected chi connectivity index (χ2v) is 1.99. The molecule has 0 aromatic carbocycles. The van der Waals surface area contributed by atoms with Gasteiger partial charge in [-0.25, -0.2) is 0 Å². The highest BCUT2D eigenvalue weighted by atomic mass is 16.7. The molecule has 2 heterocycles. The average molecular weight is 122 g/mol. The van der Waals surface area contributed by atoms with E-state index in [4.69, 9.17) is 4.84 Å². The molecule has 1 atom stereocenters. The highest BCUT2D eigenvalue weighted by molar-refractivity contribution is 5.74. The van der Waals surface area contributed by atoms with Crippen molar-refractivity contribution in [1.29, 1.82) is 0 Å². The Hall–Kier alpha value is -0.830. The van der Waals surface area contributed by atoms with Gasteiger partial charge in [-0.3, -0.25) is 15.3 Å². The summed E-state index contributed by atoms with van der Waals surface area (Å²) in [5, 5.41) is 0. The third-order valence-corrected chi connectivity index (χ3v) is 1.37.